The zero-order chi connectivity index (χ0) is 23.1. The number of amidine groups is 1. The average molecular weight is 437 g/mol. The molecule has 7 heteroatoms. The van der Waals surface area contributed by atoms with E-state index >= 15 is 0 Å². The van der Waals surface area contributed by atoms with E-state index in [-0.39, 0.29) is 11.9 Å². The molecule has 1 heterocycles. The number of oxime groups is 1. The molecule has 0 bridgehead atoms. The lowest BCUT2D eigenvalue weighted by molar-refractivity contribution is 0.153. The summed E-state index contributed by atoms with van der Waals surface area (Å²) in [6.07, 6.45) is 7.57. The quantitative estimate of drug-likeness (QED) is 0.270. The molecule has 0 fully saturated rings. The van der Waals surface area contributed by atoms with E-state index in [1.165, 1.54) is 12.1 Å². The smallest absolute Gasteiger partial charge is 0.168 e. The molecule has 0 spiro atoms. The molecule has 0 amide bonds. The summed E-state index contributed by atoms with van der Waals surface area (Å²) in [4.78, 5) is 11.6. The zero-order valence-corrected chi connectivity index (χ0v) is 19.1. The van der Waals surface area contributed by atoms with E-state index in [4.69, 9.17) is 9.57 Å². The van der Waals surface area contributed by atoms with Crippen molar-refractivity contribution in [2.45, 2.75) is 26.8 Å². The van der Waals surface area contributed by atoms with Crippen LogP contribution in [0.3, 0.4) is 0 Å². The lowest BCUT2D eigenvalue weighted by atomic mass is 10.1. The summed E-state index contributed by atoms with van der Waals surface area (Å²) >= 11 is 0. The van der Waals surface area contributed by atoms with E-state index in [1.807, 2.05) is 73.8 Å². The molecule has 0 radical (unpaired) electrons. The van der Waals surface area contributed by atoms with Gasteiger partial charge in [-0.3, -0.25) is 0 Å². The number of hydrogen-bond donors (Lipinski definition) is 0. The van der Waals surface area contributed by atoms with Gasteiger partial charge in [0.2, 0.25) is 0 Å². The van der Waals surface area contributed by atoms with Crippen molar-refractivity contribution in [2.24, 2.45) is 5.16 Å². The van der Waals surface area contributed by atoms with Gasteiger partial charge in [-0.05, 0) is 62.2 Å². The molecule has 0 saturated carbocycles. The van der Waals surface area contributed by atoms with Crippen LogP contribution in [0.1, 0.15) is 36.7 Å². The van der Waals surface area contributed by atoms with Crippen LogP contribution >= 0.6 is 0 Å². The van der Waals surface area contributed by atoms with Crippen molar-refractivity contribution in [3.8, 4) is 11.4 Å². The standard InChI is InChI=1S/C25H29FN4O2/c1-6-32-28-25(29(4)19(3)21-9-11-22(26)12-10-21)14-8-20-7-13-23(24(15-20)31-5)30-16-18(2)27-17-30/h7-17,19H,6H2,1-5H3. The fraction of sp³-hybridized carbons (Fsp3) is 0.280. The van der Waals surface area contributed by atoms with Crippen LogP contribution in [0, 0.1) is 12.7 Å². The van der Waals surface area contributed by atoms with Crippen molar-refractivity contribution >= 4 is 11.9 Å². The van der Waals surface area contributed by atoms with E-state index in [2.05, 4.69) is 10.1 Å². The number of likely N-dealkylation sites (N-methyl/N-ethyl adjacent to an activating group) is 1. The second-order valence-electron chi connectivity index (χ2n) is 7.39. The number of halogens is 1. The first-order valence-corrected chi connectivity index (χ1v) is 10.5. The molecule has 0 saturated heterocycles. The fourth-order valence-electron chi connectivity index (χ4n) is 3.24. The van der Waals surface area contributed by atoms with Gasteiger partial charge in [0.1, 0.15) is 18.2 Å². The molecule has 32 heavy (non-hydrogen) atoms. The lowest BCUT2D eigenvalue weighted by Gasteiger charge is -2.26. The van der Waals surface area contributed by atoms with Crippen LogP contribution in [0.4, 0.5) is 4.39 Å². The Kier molecular flexibility index (Phi) is 7.65. The summed E-state index contributed by atoms with van der Waals surface area (Å²) in [5, 5.41) is 4.27. The molecular weight excluding hydrogens is 407 g/mol. The highest BCUT2D eigenvalue weighted by Crippen LogP contribution is 2.26. The fourth-order valence-corrected chi connectivity index (χ4v) is 3.24. The minimum Gasteiger partial charge on any atom is -0.495 e. The number of methoxy groups -OCH3 is 1. The van der Waals surface area contributed by atoms with Gasteiger partial charge in [-0.1, -0.05) is 29.4 Å². The van der Waals surface area contributed by atoms with E-state index < -0.39 is 0 Å². The van der Waals surface area contributed by atoms with Gasteiger partial charge in [-0.25, -0.2) is 9.37 Å². The molecule has 6 nitrogen and oxygen atoms in total. The number of ether oxygens (including phenoxy) is 1. The number of nitrogens with zero attached hydrogens (tertiary/aromatic N) is 4. The number of aromatic nitrogens is 2. The molecule has 0 N–H and O–H groups in total. The van der Waals surface area contributed by atoms with Gasteiger partial charge in [0.05, 0.1) is 30.9 Å². The number of benzene rings is 2. The SMILES string of the molecule is CCON=C(C=Cc1ccc(-n2cnc(C)c2)c(OC)c1)N(C)C(C)c1ccc(F)cc1. The van der Waals surface area contributed by atoms with Crippen molar-refractivity contribution in [1.82, 2.24) is 14.5 Å². The molecule has 1 aromatic heterocycles. The topological polar surface area (TPSA) is 51.9 Å². The van der Waals surface area contributed by atoms with Crippen LogP contribution in [0.15, 0.2) is 66.2 Å². The predicted octanol–water partition coefficient (Wildman–Crippen LogP) is 5.38. The van der Waals surface area contributed by atoms with Crippen LogP contribution < -0.4 is 4.74 Å². The second-order valence-corrected chi connectivity index (χ2v) is 7.39. The molecule has 3 aromatic rings. The summed E-state index contributed by atoms with van der Waals surface area (Å²) in [7, 11) is 3.58. The summed E-state index contributed by atoms with van der Waals surface area (Å²) in [6.45, 7) is 6.33. The third-order valence-electron chi connectivity index (χ3n) is 5.20. The van der Waals surface area contributed by atoms with Crippen LogP contribution in [-0.2, 0) is 4.84 Å². The van der Waals surface area contributed by atoms with Crippen molar-refractivity contribution in [3.05, 3.63) is 83.7 Å². The number of rotatable bonds is 8. The normalized spacial score (nSPS) is 12.8. The third kappa shape index (κ3) is 5.55. The summed E-state index contributed by atoms with van der Waals surface area (Å²) in [5.41, 5.74) is 3.78. The van der Waals surface area contributed by atoms with Crippen LogP contribution in [0.5, 0.6) is 5.75 Å². The zero-order valence-electron chi connectivity index (χ0n) is 19.1. The summed E-state index contributed by atoms with van der Waals surface area (Å²) < 4.78 is 20.8. The predicted molar refractivity (Wildman–Crippen MR) is 126 cm³/mol. The van der Waals surface area contributed by atoms with Gasteiger partial charge in [0, 0.05) is 13.2 Å². The highest BCUT2D eigenvalue weighted by atomic mass is 19.1. The highest BCUT2D eigenvalue weighted by molar-refractivity contribution is 5.96. The van der Waals surface area contributed by atoms with E-state index in [0.29, 0.717) is 12.4 Å². The van der Waals surface area contributed by atoms with Gasteiger partial charge < -0.3 is 19.0 Å². The van der Waals surface area contributed by atoms with Crippen molar-refractivity contribution in [2.75, 3.05) is 20.8 Å². The third-order valence-corrected chi connectivity index (χ3v) is 5.20. The Morgan fingerprint density at radius 2 is 2.00 bits per heavy atom. The van der Waals surface area contributed by atoms with Gasteiger partial charge in [0.15, 0.2) is 5.84 Å². The molecule has 3 rings (SSSR count). The second kappa shape index (κ2) is 10.6. The van der Waals surface area contributed by atoms with Gasteiger partial charge in [0.25, 0.3) is 0 Å². The van der Waals surface area contributed by atoms with Crippen molar-refractivity contribution < 1.29 is 14.0 Å². The number of imidazole rings is 1. The average Bonchev–Trinajstić information content (AvgIpc) is 3.24. The Hall–Kier alpha value is -3.61. The molecular formula is C25H29FN4O2. The first-order valence-electron chi connectivity index (χ1n) is 10.5. The molecule has 2 aromatic carbocycles. The number of aryl methyl sites for hydroxylation is 1. The molecule has 0 aliphatic carbocycles. The first kappa shape index (κ1) is 23.1. The minimum absolute atomic E-state index is 0.0270. The monoisotopic (exact) mass is 436 g/mol. The first-order chi connectivity index (χ1) is 15.4. The summed E-state index contributed by atoms with van der Waals surface area (Å²) in [6, 6.07) is 12.4. The maximum atomic E-state index is 13.3. The molecule has 0 aliphatic heterocycles. The van der Waals surface area contributed by atoms with Crippen LogP contribution in [0.25, 0.3) is 11.8 Å². The summed E-state index contributed by atoms with van der Waals surface area (Å²) in [5.74, 6) is 1.13. The van der Waals surface area contributed by atoms with Crippen molar-refractivity contribution in [1.29, 1.82) is 0 Å². The van der Waals surface area contributed by atoms with Gasteiger partial charge in [-0.15, -0.1) is 0 Å². The Morgan fingerprint density at radius 3 is 2.62 bits per heavy atom. The number of hydrogen-bond acceptors (Lipinski definition) is 4. The minimum atomic E-state index is -0.255. The highest BCUT2D eigenvalue weighted by Gasteiger charge is 2.15. The van der Waals surface area contributed by atoms with Crippen LogP contribution in [0.2, 0.25) is 0 Å². The largest absolute Gasteiger partial charge is 0.495 e. The Balaban J connectivity index is 1.85. The Morgan fingerprint density at radius 1 is 1.25 bits per heavy atom. The Bertz CT molecular complexity index is 1090. The van der Waals surface area contributed by atoms with Gasteiger partial charge >= 0.3 is 0 Å². The lowest BCUT2D eigenvalue weighted by Crippen LogP contribution is -2.28. The van der Waals surface area contributed by atoms with Crippen LogP contribution in [-0.4, -0.2) is 41.1 Å². The maximum Gasteiger partial charge on any atom is 0.168 e. The van der Waals surface area contributed by atoms with E-state index in [0.717, 1.165) is 28.3 Å². The Labute approximate surface area is 188 Å². The molecule has 168 valence electrons. The van der Waals surface area contributed by atoms with Crippen molar-refractivity contribution in [3.63, 3.8) is 0 Å². The molecule has 1 unspecified atom stereocenters. The van der Waals surface area contributed by atoms with Gasteiger partial charge in [-0.2, -0.15) is 0 Å². The van der Waals surface area contributed by atoms with E-state index in [9.17, 15) is 4.39 Å². The van der Waals surface area contributed by atoms with E-state index in [1.54, 1.807) is 25.6 Å². The molecule has 1 atom stereocenters. The molecule has 0 aliphatic rings. The maximum absolute atomic E-state index is 13.3.